The van der Waals surface area contributed by atoms with Crippen LogP contribution in [-0.4, -0.2) is 25.2 Å². The summed E-state index contributed by atoms with van der Waals surface area (Å²) in [6, 6.07) is 13.2. The van der Waals surface area contributed by atoms with Crippen molar-refractivity contribution in [2.24, 2.45) is 0 Å². The first kappa shape index (κ1) is 19.0. The summed E-state index contributed by atoms with van der Waals surface area (Å²) in [4.78, 5) is 16.6. The number of halogens is 1. The maximum atomic E-state index is 12.2. The van der Waals surface area contributed by atoms with Crippen LogP contribution < -0.4 is 9.47 Å². The number of aromatic nitrogens is 1. The maximum Gasteiger partial charge on any atom is 0.310 e. The van der Waals surface area contributed by atoms with Crippen LogP contribution in [0.3, 0.4) is 0 Å². The molecule has 1 heterocycles. The fourth-order valence-corrected chi connectivity index (χ4v) is 2.97. The largest absolute Gasteiger partial charge is 0.493 e. The molecule has 0 aliphatic rings. The number of methoxy groups -OCH3 is 2. The summed E-state index contributed by atoms with van der Waals surface area (Å²) < 4.78 is 15.8. The van der Waals surface area contributed by atoms with E-state index in [0.717, 1.165) is 22.0 Å². The molecule has 0 N–H and O–H groups in total. The number of benzene rings is 2. The first-order valence-electron chi connectivity index (χ1n) is 8.42. The molecule has 0 unspecified atom stereocenters. The Morgan fingerprint density at radius 2 is 1.81 bits per heavy atom. The Morgan fingerprint density at radius 3 is 2.56 bits per heavy atom. The van der Waals surface area contributed by atoms with Gasteiger partial charge in [-0.3, -0.25) is 4.79 Å². The molecule has 0 atom stereocenters. The van der Waals surface area contributed by atoms with Gasteiger partial charge in [0, 0.05) is 10.9 Å². The van der Waals surface area contributed by atoms with Crippen molar-refractivity contribution >= 4 is 28.5 Å². The Hall–Kier alpha value is -2.79. The van der Waals surface area contributed by atoms with Crippen LogP contribution in [0.5, 0.6) is 11.5 Å². The monoisotopic (exact) mass is 385 g/mol. The van der Waals surface area contributed by atoms with Crippen LogP contribution in [0.1, 0.15) is 16.7 Å². The van der Waals surface area contributed by atoms with E-state index < -0.39 is 0 Å². The van der Waals surface area contributed by atoms with Crippen molar-refractivity contribution in [2.75, 3.05) is 14.2 Å². The molecule has 0 fully saturated rings. The van der Waals surface area contributed by atoms with Crippen molar-refractivity contribution in [1.82, 2.24) is 4.98 Å². The van der Waals surface area contributed by atoms with Gasteiger partial charge in [0.15, 0.2) is 11.5 Å². The van der Waals surface area contributed by atoms with E-state index in [2.05, 4.69) is 4.98 Å². The van der Waals surface area contributed by atoms with E-state index in [9.17, 15) is 4.79 Å². The first-order valence-corrected chi connectivity index (χ1v) is 8.80. The standard InChI is InChI=1S/C21H20ClNO4/c1-13-4-6-15-11-16(21(22)23-17(15)8-13)12-27-20(24)10-14-5-7-18(25-2)19(9-14)26-3/h4-9,11H,10,12H2,1-3H3. The zero-order chi connectivity index (χ0) is 19.4. The minimum absolute atomic E-state index is 0.0712. The molecule has 2 aromatic carbocycles. The zero-order valence-corrected chi connectivity index (χ0v) is 16.2. The number of ether oxygens (including phenoxy) is 3. The lowest BCUT2D eigenvalue weighted by Gasteiger charge is -2.10. The number of carbonyl (C=O) groups is 1. The molecule has 0 saturated carbocycles. The van der Waals surface area contributed by atoms with Gasteiger partial charge in [-0.05, 0) is 42.3 Å². The van der Waals surface area contributed by atoms with Gasteiger partial charge in [0.05, 0.1) is 26.2 Å². The van der Waals surface area contributed by atoms with E-state index in [1.165, 1.54) is 0 Å². The Kier molecular flexibility index (Phi) is 5.81. The first-order chi connectivity index (χ1) is 13.0. The molecule has 3 aromatic rings. The Morgan fingerprint density at radius 1 is 1.04 bits per heavy atom. The molecule has 6 heteroatoms. The lowest BCUT2D eigenvalue weighted by atomic mass is 10.1. The predicted molar refractivity (Wildman–Crippen MR) is 105 cm³/mol. The molecule has 5 nitrogen and oxygen atoms in total. The van der Waals surface area contributed by atoms with E-state index in [-0.39, 0.29) is 19.0 Å². The molecule has 0 spiro atoms. The van der Waals surface area contributed by atoms with E-state index in [1.807, 2.05) is 31.2 Å². The number of rotatable bonds is 6. The summed E-state index contributed by atoms with van der Waals surface area (Å²) >= 11 is 6.24. The maximum absolute atomic E-state index is 12.2. The molecular weight excluding hydrogens is 366 g/mol. The number of pyridine rings is 1. The molecule has 0 saturated heterocycles. The number of hydrogen-bond acceptors (Lipinski definition) is 5. The number of esters is 1. The van der Waals surface area contributed by atoms with Crippen LogP contribution >= 0.6 is 11.6 Å². The third-order valence-corrected chi connectivity index (χ3v) is 4.51. The van der Waals surface area contributed by atoms with Crippen LogP contribution in [-0.2, 0) is 22.6 Å². The fourth-order valence-electron chi connectivity index (χ4n) is 2.77. The lowest BCUT2D eigenvalue weighted by Crippen LogP contribution is -2.09. The van der Waals surface area contributed by atoms with Gasteiger partial charge in [-0.1, -0.05) is 29.8 Å². The van der Waals surface area contributed by atoms with Gasteiger partial charge >= 0.3 is 5.97 Å². The minimum Gasteiger partial charge on any atom is -0.493 e. The smallest absolute Gasteiger partial charge is 0.310 e. The summed E-state index contributed by atoms with van der Waals surface area (Å²) in [5.74, 6) is 0.820. The van der Waals surface area contributed by atoms with Crippen molar-refractivity contribution in [1.29, 1.82) is 0 Å². The summed E-state index contributed by atoms with van der Waals surface area (Å²) in [7, 11) is 3.12. The van der Waals surface area contributed by atoms with Gasteiger partial charge in [0.25, 0.3) is 0 Å². The van der Waals surface area contributed by atoms with Gasteiger partial charge in [0.2, 0.25) is 0 Å². The quantitative estimate of drug-likeness (QED) is 0.462. The van der Waals surface area contributed by atoms with Crippen LogP contribution in [0, 0.1) is 6.92 Å². The van der Waals surface area contributed by atoms with Gasteiger partial charge in [0.1, 0.15) is 11.8 Å². The van der Waals surface area contributed by atoms with Crippen molar-refractivity contribution in [3.05, 3.63) is 64.3 Å². The van der Waals surface area contributed by atoms with Crippen molar-refractivity contribution in [2.45, 2.75) is 20.0 Å². The molecule has 0 aliphatic carbocycles. The molecule has 1 aromatic heterocycles. The highest BCUT2D eigenvalue weighted by Gasteiger charge is 2.12. The Balaban J connectivity index is 1.68. The highest BCUT2D eigenvalue weighted by Crippen LogP contribution is 2.28. The van der Waals surface area contributed by atoms with E-state index in [0.29, 0.717) is 22.2 Å². The van der Waals surface area contributed by atoms with Crippen LogP contribution in [0.2, 0.25) is 5.15 Å². The summed E-state index contributed by atoms with van der Waals surface area (Å²) in [6.45, 7) is 2.07. The molecule has 0 radical (unpaired) electrons. The van der Waals surface area contributed by atoms with Gasteiger partial charge in [-0.25, -0.2) is 4.98 Å². The molecule has 3 rings (SSSR count). The van der Waals surface area contributed by atoms with Crippen LogP contribution in [0.25, 0.3) is 10.9 Å². The average molecular weight is 386 g/mol. The number of fused-ring (bicyclic) bond motifs is 1. The lowest BCUT2D eigenvalue weighted by molar-refractivity contribution is -0.144. The van der Waals surface area contributed by atoms with Crippen molar-refractivity contribution < 1.29 is 19.0 Å². The Labute approximate surface area is 162 Å². The minimum atomic E-state index is -0.359. The normalized spacial score (nSPS) is 10.7. The predicted octanol–water partition coefficient (Wildman–Crippen LogP) is 4.50. The Bertz CT molecular complexity index is 987. The molecule has 0 aliphatic heterocycles. The number of nitrogens with zero attached hydrogens (tertiary/aromatic N) is 1. The molecule has 140 valence electrons. The van der Waals surface area contributed by atoms with E-state index >= 15 is 0 Å². The third kappa shape index (κ3) is 4.49. The average Bonchev–Trinajstić information content (AvgIpc) is 2.66. The molecule has 0 amide bonds. The van der Waals surface area contributed by atoms with Gasteiger partial charge in [-0.2, -0.15) is 0 Å². The fraction of sp³-hybridized carbons (Fsp3) is 0.238. The van der Waals surface area contributed by atoms with Crippen molar-refractivity contribution in [3.63, 3.8) is 0 Å². The molecule has 0 bridgehead atoms. The highest BCUT2D eigenvalue weighted by atomic mass is 35.5. The van der Waals surface area contributed by atoms with E-state index in [1.54, 1.807) is 32.4 Å². The number of carbonyl (C=O) groups excluding carboxylic acids is 1. The van der Waals surface area contributed by atoms with Crippen LogP contribution in [0.4, 0.5) is 0 Å². The number of aryl methyl sites for hydroxylation is 1. The topological polar surface area (TPSA) is 57.7 Å². The second-order valence-corrected chi connectivity index (χ2v) is 6.52. The van der Waals surface area contributed by atoms with Crippen molar-refractivity contribution in [3.8, 4) is 11.5 Å². The summed E-state index contributed by atoms with van der Waals surface area (Å²) in [5.41, 5.74) is 3.38. The molecular formula is C21H20ClNO4. The van der Waals surface area contributed by atoms with E-state index in [4.69, 9.17) is 25.8 Å². The SMILES string of the molecule is COc1ccc(CC(=O)OCc2cc3ccc(C)cc3nc2Cl)cc1OC. The summed E-state index contributed by atoms with van der Waals surface area (Å²) in [6.07, 6.45) is 0.123. The van der Waals surface area contributed by atoms with Gasteiger partial charge < -0.3 is 14.2 Å². The highest BCUT2D eigenvalue weighted by molar-refractivity contribution is 6.30. The van der Waals surface area contributed by atoms with Gasteiger partial charge in [-0.15, -0.1) is 0 Å². The summed E-state index contributed by atoms with van der Waals surface area (Å²) in [5, 5.41) is 1.29. The molecule has 27 heavy (non-hydrogen) atoms. The van der Waals surface area contributed by atoms with Crippen LogP contribution in [0.15, 0.2) is 42.5 Å². The zero-order valence-electron chi connectivity index (χ0n) is 15.4. The third-order valence-electron chi connectivity index (χ3n) is 4.18. The second-order valence-electron chi connectivity index (χ2n) is 6.16. The number of hydrogen-bond donors (Lipinski definition) is 0. The second kappa shape index (κ2) is 8.27.